The molecule has 13 heavy (non-hydrogen) atoms. The number of aromatic nitrogens is 1. The summed E-state index contributed by atoms with van der Waals surface area (Å²) in [4.78, 5) is 24.6. The molecule has 3 heteroatoms. The molecular weight excluding hydrogens is 166 g/mol. The van der Waals surface area contributed by atoms with E-state index >= 15 is 0 Å². The number of fused-ring (bicyclic) bond motifs is 1. The molecule has 0 bridgehead atoms. The Bertz CT molecular complexity index is 557. The monoisotopic (exact) mass is 173 g/mol. The van der Waals surface area contributed by atoms with Crippen molar-refractivity contribution in [2.24, 2.45) is 0 Å². The fourth-order valence-corrected chi connectivity index (χ4v) is 1.18. The fraction of sp³-hybridized carbons (Fsp3) is 0. The molecule has 0 amide bonds. The van der Waals surface area contributed by atoms with Crippen molar-refractivity contribution in [3.8, 4) is 0 Å². The van der Waals surface area contributed by atoms with Gasteiger partial charge in [0.1, 0.15) is 0 Å². The first kappa shape index (κ1) is 7.73. The van der Waals surface area contributed by atoms with Gasteiger partial charge < -0.3 is 4.98 Å². The lowest BCUT2D eigenvalue weighted by Crippen LogP contribution is -2.21. The molecule has 1 heterocycles. The fourth-order valence-electron chi connectivity index (χ4n) is 1.18. The molecule has 0 spiro atoms. The van der Waals surface area contributed by atoms with Crippen LogP contribution in [-0.2, 0) is 0 Å². The van der Waals surface area contributed by atoms with Gasteiger partial charge in [0.25, 0.3) is 5.56 Å². The van der Waals surface area contributed by atoms with Crippen LogP contribution in [0.15, 0.2) is 46.0 Å². The summed E-state index contributed by atoms with van der Waals surface area (Å²) in [7, 11) is 0. The van der Waals surface area contributed by atoms with Crippen LogP contribution in [0.4, 0.5) is 0 Å². The number of hydrogen-bond donors (Lipinski definition) is 1. The van der Waals surface area contributed by atoms with E-state index in [0.717, 1.165) is 5.39 Å². The zero-order chi connectivity index (χ0) is 9.26. The molecule has 0 fully saturated rings. The van der Waals surface area contributed by atoms with Crippen molar-refractivity contribution < 1.29 is 0 Å². The van der Waals surface area contributed by atoms with Gasteiger partial charge in [-0.05, 0) is 23.6 Å². The standard InChI is InChI=1S/C10H7NO2/c12-9-6-5-7-3-1-2-4-8(7)11-10(9)13/h1-6H,(H,11,12,13). The number of hydrogen-bond acceptors (Lipinski definition) is 2. The Morgan fingerprint density at radius 3 is 2.54 bits per heavy atom. The molecule has 1 N–H and O–H groups in total. The molecule has 1 aromatic carbocycles. The Hall–Kier alpha value is -1.90. The summed E-state index contributed by atoms with van der Waals surface area (Å²) in [5.74, 6) is 0. The van der Waals surface area contributed by atoms with Gasteiger partial charge in [0.05, 0.1) is 0 Å². The summed E-state index contributed by atoms with van der Waals surface area (Å²) in [6.07, 6.45) is 0. The molecular formula is C10H7NO2. The lowest BCUT2D eigenvalue weighted by Gasteiger charge is -1.87. The normalized spacial score (nSPS) is 10.2. The molecule has 0 atom stereocenters. The van der Waals surface area contributed by atoms with Crippen molar-refractivity contribution in [2.75, 3.05) is 0 Å². The molecule has 0 aliphatic carbocycles. The first-order valence-electron chi connectivity index (χ1n) is 3.90. The molecule has 3 nitrogen and oxygen atoms in total. The van der Waals surface area contributed by atoms with Crippen LogP contribution in [0.2, 0.25) is 0 Å². The van der Waals surface area contributed by atoms with Crippen molar-refractivity contribution in [3.63, 3.8) is 0 Å². The van der Waals surface area contributed by atoms with Gasteiger partial charge in [-0.25, -0.2) is 0 Å². The van der Waals surface area contributed by atoms with Crippen LogP contribution >= 0.6 is 0 Å². The molecule has 0 saturated carbocycles. The number of aromatic amines is 1. The van der Waals surface area contributed by atoms with Gasteiger partial charge in [0.2, 0.25) is 5.43 Å². The second kappa shape index (κ2) is 2.86. The maximum absolute atomic E-state index is 11.1. The third-order valence-electron chi connectivity index (χ3n) is 1.85. The molecule has 0 aliphatic rings. The van der Waals surface area contributed by atoms with E-state index in [-0.39, 0.29) is 0 Å². The number of nitrogens with one attached hydrogen (secondary N) is 1. The number of benzene rings is 1. The highest BCUT2D eigenvalue weighted by Crippen LogP contribution is 2.05. The van der Waals surface area contributed by atoms with Crippen LogP contribution in [0.1, 0.15) is 0 Å². The predicted molar refractivity (Wildman–Crippen MR) is 50.8 cm³/mol. The second-order valence-corrected chi connectivity index (χ2v) is 2.74. The first-order valence-corrected chi connectivity index (χ1v) is 3.90. The minimum absolute atomic E-state index is 0.517. The van der Waals surface area contributed by atoms with Crippen molar-refractivity contribution in [1.82, 2.24) is 4.98 Å². The highest BCUT2D eigenvalue weighted by molar-refractivity contribution is 5.77. The van der Waals surface area contributed by atoms with Gasteiger partial charge in [-0.2, -0.15) is 0 Å². The molecule has 64 valence electrons. The maximum atomic E-state index is 11.1. The minimum atomic E-state index is -0.582. The summed E-state index contributed by atoms with van der Waals surface area (Å²) in [6.45, 7) is 0. The van der Waals surface area contributed by atoms with Gasteiger partial charge in [0, 0.05) is 5.52 Å². The Labute approximate surface area is 73.7 Å². The lowest BCUT2D eigenvalue weighted by atomic mass is 10.2. The van der Waals surface area contributed by atoms with Crippen molar-refractivity contribution in [1.29, 1.82) is 0 Å². The van der Waals surface area contributed by atoms with E-state index < -0.39 is 11.0 Å². The first-order chi connectivity index (χ1) is 6.27. The Morgan fingerprint density at radius 2 is 1.69 bits per heavy atom. The van der Waals surface area contributed by atoms with E-state index in [2.05, 4.69) is 4.98 Å². The molecule has 2 rings (SSSR count). The molecule has 0 unspecified atom stereocenters. The third kappa shape index (κ3) is 1.36. The lowest BCUT2D eigenvalue weighted by molar-refractivity contribution is 1.29. The van der Waals surface area contributed by atoms with Crippen LogP contribution in [0, 0.1) is 0 Å². The average molecular weight is 173 g/mol. The molecule has 0 radical (unpaired) electrons. The molecule has 0 aliphatic heterocycles. The van der Waals surface area contributed by atoms with Crippen LogP contribution < -0.4 is 11.0 Å². The van der Waals surface area contributed by atoms with Crippen LogP contribution in [-0.4, -0.2) is 4.98 Å². The van der Waals surface area contributed by atoms with Crippen molar-refractivity contribution >= 4 is 10.9 Å². The van der Waals surface area contributed by atoms with Gasteiger partial charge in [-0.1, -0.05) is 18.2 Å². The van der Waals surface area contributed by atoms with E-state index in [9.17, 15) is 9.59 Å². The minimum Gasteiger partial charge on any atom is -0.319 e. The Kier molecular flexibility index (Phi) is 1.70. The molecule has 2 aromatic rings. The smallest absolute Gasteiger partial charge is 0.296 e. The predicted octanol–water partition coefficient (Wildman–Crippen LogP) is 0.888. The average Bonchev–Trinajstić information content (AvgIpc) is 2.28. The number of rotatable bonds is 0. The topological polar surface area (TPSA) is 49.9 Å². The summed E-state index contributed by atoms with van der Waals surface area (Å²) >= 11 is 0. The molecule has 1 aromatic heterocycles. The highest BCUT2D eigenvalue weighted by atomic mass is 16.2. The van der Waals surface area contributed by atoms with Gasteiger partial charge >= 0.3 is 0 Å². The third-order valence-corrected chi connectivity index (χ3v) is 1.85. The van der Waals surface area contributed by atoms with Gasteiger partial charge in [-0.15, -0.1) is 0 Å². The zero-order valence-electron chi connectivity index (χ0n) is 6.78. The van der Waals surface area contributed by atoms with Crippen molar-refractivity contribution in [3.05, 3.63) is 57.0 Å². The Morgan fingerprint density at radius 1 is 0.923 bits per heavy atom. The summed E-state index contributed by atoms with van der Waals surface area (Å²) < 4.78 is 0. The summed E-state index contributed by atoms with van der Waals surface area (Å²) in [6, 6.07) is 10.2. The molecule has 0 saturated heterocycles. The van der Waals surface area contributed by atoms with Crippen molar-refractivity contribution in [2.45, 2.75) is 0 Å². The van der Waals surface area contributed by atoms with Crippen LogP contribution in [0.5, 0.6) is 0 Å². The summed E-state index contributed by atoms with van der Waals surface area (Å²) in [5, 5.41) is 0.849. The summed E-state index contributed by atoms with van der Waals surface area (Å²) in [5.41, 5.74) is -0.424. The largest absolute Gasteiger partial charge is 0.319 e. The zero-order valence-corrected chi connectivity index (χ0v) is 6.78. The van der Waals surface area contributed by atoms with Gasteiger partial charge in [0.15, 0.2) is 0 Å². The number of H-pyrrole nitrogens is 1. The quantitative estimate of drug-likeness (QED) is 0.601. The number of para-hydroxylation sites is 1. The second-order valence-electron chi connectivity index (χ2n) is 2.74. The van der Waals surface area contributed by atoms with E-state index in [1.54, 1.807) is 12.1 Å². The van der Waals surface area contributed by atoms with Crippen LogP contribution in [0.3, 0.4) is 0 Å². The maximum Gasteiger partial charge on any atom is 0.296 e. The van der Waals surface area contributed by atoms with Crippen LogP contribution in [0.25, 0.3) is 10.9 Å². The SMILES string of the molecule is O=c1ccc2ccccc2[nH]c1=O. The van der Waals surface area contributed by atoms with E-state index in [4.69, 9.17) is 0 Å². The van der Waals surface area contributed by atoms with E-state index in [1.165, 1.54) is 6.07 Å². The van der Waals surface area contributed by atoms with E-state index in [1.807, 2.05) is 18.2 Å². The van der Waals surface area contributed by atoms with Gasteiger partial charge in [-0.3, -0.25) is 9.59 Å². The Balaban J connectivity index is 3.06. The highest BCUT2D eigenvalue weighted by Gasteiger charge is 1.92. The van der Waals surface area contributed by atoms with E-state index in [0.29, 0.717) is 5.52 Å².